The number of amides is 5. The Kier molecular flexibility index (Phi) is 20.8. The van der Waals surface area contributed by atoms with E-state index in [2.05, 4.69) is 47.6 Å². The van der Waals surface area contributed by atoms with Gasteiger partial charge in [0.05, 0.1) is 45.1 Å². The van der Waals surface area contributed by atoms with E-state index in [4.69, 9.17) is 23.1 Å². The van der Waals surface area contributed by atoms with E-state index in [0.717, 1.165) is 99.4 Å². The monoisotopic (exact) mass is 1110 g/mol. The summed E-state index contributed by atoms with van der Waals surface area (Å²) >= 11 is 9.60. The molecule has 5 heterocycles. The zero-order chi connectivity index (χ0) is 55.4. The van der Waals surface area contributed by atoms with Crippen LogP contribution in [-0.4, -0.2) is 140 Å². The first-order valence-corrected chi connectivity index (χ1v) is 29.2. The van der Waals surface area contributed by atoms with Crippen LogP contribution in [0, 0.1) is 12.3 Å². The van der Waals surface area contributed by atoms with Gasteiger partial charge in [-0.15, -0.1) is 11.3 Å². The Hall–Kier alpha value is -5.38. The number of aryl methyl sites for hydroxylation is 1. The van der Waals surface area contributed by atoms with Crippen molar-refractivity contribution in [3.8, 4) is 10.4 Å². The highest BCUT2D eigenvalue weighted by Crippen LogP contribution is 2.39. The number of β-amino-alcohol motifs (C(OH)–C–C–N with tert-alkyl or cyclic N) is 1. The third-order valence-corrected chi connectivity index (χ3v) is 17.5. The molecule has 77 heavy (non-hydrogen) atoms. The Morgan fingerprint density at radius 1 is 0.896 bits per heavy atom. The molecule has 2 unspecified atom stereocenters. The number of anilines is 3. The molecule has 0 saturated carbocycles. The lowest BCUT2D eigenvalue weighted by atomic mass is 9.85. The van der Waals surface area contributed by atoms with E-state index in [1.165, 1.54) is 16.7 Å². The summed E-state index contributed by atoms with van der Waals surface area (Å²) in [5.74, 6) is -0.262. The predicted molar refractivity (Wildman–Crippen MR) is 306 cm³/mol. The molecular weight excluding hydrogens is 1040 g/mol. The molecule has 2 aromatic heterocycles. The van der Waals surface area contributed by atoms with Crippen LogP contribution in [0.4, 0.5) is 17.3 Å². The van der Waals surface area contributed by atoms with Gasteiger partial charge in [0.2, 0.25) is 29.5 Å². The van der Waals surface area contributed by atoms with Crippen LogP contribution in [0.15, 0.2) is 64.1 Å². The number of hydrogen-bond acceptors (Lipinski definition) is 15. The van der Waals surface area contributed by atoms with Crippen molar-refractivity contribution in [3.05, 3.63) is 70.5 Å². The number of likely N-dealkylation sites (tertiary alicyclic amines) is 1. The summed E-state index contributed by atoms with van der Waals surface area (Å²) < 4.78 is 0. The highest BCUT2D eigenvalue weighted by Gasteiger charge is 2.45. The summed E-state index contributed by atoms with van der Waals surface area (Å²) in [5, 5.41) is 20.4. The van der Waals surface area contributed by atoms with Gasteiger partial charge in [0.1, 0.15) is 22.9 Å². The van der Waals surface area contributed by atoms with Crippen molar-refractivity contribution in [1.29, 1.82) is 0 Å². The molecule has 418 valence electrons. The van der Waals surface area contributed by atoms with E-state index < -0.39 is 23.6 Å². The first-order valence-electron chi connectivity index (χ1n) is 27.2. The molecule has 0 spiro atoms. The van der Waals surface area contributed by atoms with Crippen LogP contribution in [-0.2, 0) is 24.0 Å². The lowest BCUT2D eigenvalue weighted by molar-refractivity contribution is -0.144. The van der Waals surface area contributed by atoms with Crippen molar-refractivity contribution in [1.82, 2.24) is 40.3 Å². The molecule has 8 N–H and O–H groups in total. The molecule has 3 fully saturated rings. The van der Waals surface area contributed by atoms with E-state index in [1.807, 2.05) is 75.4 Å². The number of aliphatic hydroxyl groups excluding tert-OH is 1. The maximum absolute atomic E-state index is 14.1. The van der Waals surface area contributed by atoms with Crippen LogP contribution in [0.1, 0.15) is 129 Å². The van der Waals surface area contributed by atoms with Gasteiger partial charge >= 0.3 is 0 Å². The topological polar surface area (TPSA) is 245 Å². The molecule has 3 aliphatic heterocycles. The Labute approximate surface area is 467 Å². The van der Waals surface area contributed by atoms with E-state index in [0.29, 0.717) is 58.2 Å². The standard InChI is InChI=1S/C56H79ClN12O6S2/c1-36(38-17-19-39(20-18-38)49-37(2)61-35-76-49)62-52(74)42-32-40(70)34-69(42)54(75)50(55(3,4)5)65-45(71)16-11-9-7-8-10-12-25-66-28-30-68(31-29-66)47(73)22-21-46(72)63-41-14-13-15-43(48(41)57)77-53-51(58)64-44(33-60-53)67-26-23-56(6,59)24-27-67/h13-15,17-20,33,35-36,40,42,50,70H,7-12,16,21-32,34,59H2,1-6H3,(H2,58,64)(H,62,74)(H,63,72)(H,65,71)/t36?,40-,42+,50?/m1/s1. The SMILES string of the molecule is Cc1ncsc1-c1ccc(C(C)NC(=O)[C@@H]2C[C@@H](O)CN2C(=O)C(NC(=O)CCCCCCCCN2CCN(C(=O)CCC(=O)Nc3cccc(Sc4ncc(N5CCC(C)(N)CC5)nc4N)c3Cl)CC2)C(C)(C)C)cc1. The van der Waals surface area contributed by atoms with Gasteiger partial charge in [-0.2, -0.15) is 0 Å². The molecule has 3 saturated heterocycles. The quantitative estimate of drug-likeness (QED) is 0.0416. The fourth-order valence-corrected chi connectivity index (χ4v) is 12.0. The zero-order valence-corrected chi connectivity index (χ0v) is 48.0. The highest BCUT2D eigenvalue weighted by atomic mass is 35.5. The van der Waals surface area contributed by atoms with Crippen molar-refractivity contribution in [3.63, 3.8) is 0 Å². The van der Waals surface area contributed by atoms with Gasteiger partial charge < -0.3 is 47.2 Å². The fourth-order valence-electron chi connectivity index (χ4n) is 10.0. The number of nitrogen functional groups attached to an aromatic ring is 1. The van der Waals surface area contributed by atoms with E-state index >= 15 is 0 Å². The number of hydrogen-bond donors (Lipinski definition) is 6. The smallest absolute Gasteiger partial charge is 0.246 e. The number of unbranched alkanes of at least 4 members (excludes halogenated alkanes) is 5. The molecule has 0 radical (unpaired) electrons. The Balaban J connectivity index is 0.746. The van der Waals surface area contributed by atoms with E-state index in [1.54, 1.807) is 29.7 Å². The molecular formula is C56H79ClN12O6S2. The maximum Gasteiger partial charge on any atom is 0.246 e. The average Bonchev–Trinajstić information content (AvgIpc) is 4.03. The van der Waals surface area contributed by atoms with Crippen molar-refractivity contribution in [2.75, 3.05) is 68.3 Å². The normalized spacial score (nSPS) is 18.7. The van der Waals surface area contributed by atoms with Crippen molar-refractivity contribution in [2.24, 2.45) is 11.1 Å². The largest absolute Gasteiger partial charge is 0.391 e. The molecule has 5 amide bonds. The van der Waals surface area contributed by atoms with Crippen LogP contribution in [0.5, 0.6) is 0 Å². The molecule has 4 atom stereocenters. The number of piperidine rings is 1. The van der Waals surface area contributed by atoms with Gasteiger partial charge in [0.25, 0.3) is 0 Å². The summed E-state index contributed by atoms with van der Waals surface area (Å²) in [7, 11) is 0. The van der Waals surface area contributed by atoms with E-state index in [9.17, 15) is 29.1 Å². The number of halogens is 1. The van der Waals surface area contributed by atoms with Crippen LogP contribution in [0.2, 0.25) is 5.02 Å². The summed E-state index contributed by atoms with van der Waals surface area (Å²) in [5.41, 5.74) is 17.0. The number of aliphatic hydroxyl groups is 1. The van der Waals surface area contributed by atoms with Gasteiger partial charge in [-0.25, -0.2) is 15.0 Å². The fraction of sp³-hybridized carbons (Fsp3) is 0.571. The molecule has 7 rings (SSSR count). The second-order valence-electron chi connectivity index (χ2n) is 22.3. The second-order valence-corrected chi connectivity index (χ2v) is 24.6. The maximum atomic E-state index is 14.1. The molecule has 0 aliphatic carbocycles. The van der Waals surface area contributed by atoms with Gasteiger partial charge in [-0.1, -0.05) is 100 Å². The lowest BCUT2D eigenvalue weighted by Crippen LogP contribution is -2.57. The molecule has 18 nitrogen and oxygen atoms in total. The molecule has 21 heteroatoms. The number of aromatic nitrogens is 3. The predicted octanol–water partition coefficient (Wildman–Crippen LogP) is 7.58. The number of nitrogens with two attached hydrogens (primary N) is 2. The summed E-state index contributed by atoms with van der Waals surface area (Å²) in [4.78, 5) is 90.3. The molecule has 3 aliphatic rings. The Morgan fingerprint density at radius 2 is 1.58 bits per heavy atom. The van der Waals surface area contributed by atoms with Crippen molar-refractivity contribution >= 4 is 81.6 Å². The third-order valence-electron chi connectivity index (χ3n) is 14.9. The number of piperazine rings is 1. The van der Waals surface area contributed by atoms with Gasteiger partial charge in [-0.3, -0.25) is 28.9 Å². The van der Waals surface area contributed by atoms with Crippen molar-refractivity contribution < 1.29 is 29.1 Å². The number of nitrogens with one attached hydrogen (secondary N) is 3. The summed E-state index contributed by atoms with van der Waals surface area (Å²) in [6.45, 7) is 16.9. The molecule has 0 bridgehead atoms. The Morgan fingerprint density at radius 3 is 2.25 bits per heavy atom. The van der Waals surface area contributed by atoms with Crippen LogP contribution >= 0.6 is 34.7 Å². The average molecular weight is 1120 g/mol. The number of nitrogens with zero attached hydrogens (tertiary/aromatic N) is 7. The van der Waals surface area contributed by atoms with Gasteiger partial charge in [0, 0.05) is 81.9 Å². The minimum atomic E-state index is -0.870. The second kappa shape index (κ2) is 27.0. The van der Waals surface area contributed by atoms with E-state index in [-0.39, 0.29) is 66.9 Å². The summed E-state index contributed by atoms with van der Waals surface area (Å²) in [6, 6.07) is 11.3. The Bertz CT molecular complexity index is 2670. The molecule has 2 aromatic carbocycles. The first-order chi connectivity index (χ1) is 36.6. The lowest BCUT2D eigenvalue weighted by Gasteiger charge is -2.37. The van der Waals surface area contributed by atoms with Crippen LogP contribution < -0.4 is 32.3 Å². The molecule has 4 aromatic rings. The third kappa shape index (κ3) is 16.6. The number of carbonyl (C=O) groups is 5. The summed E-state index contributed by atoms with van der Waals surface area (Å²) in [6.07, 6.45) is 8.84. The number of thiazole rings is 1. The minimum Gasteiger partial charge on any atom is -0.391 e. The van der Waals surface area contributed by atoms with Crippen LogP contribution in [0.25, 0.3) is 10.4 Å². The number of benzene rings is 2. The first kappa shape index (κ1) is 59.3. The van der Waals surface area contributed by atoms with Gasteiger partial charge in [-0.05, 0) is 81.7 Å². The number of rotatable bonds is 22. The zero-order valence-electron chi connectivity index (χ0n) is 45.6. The van der Waals surface area contributed by atoms with Crippen LogP contribution in [0.3, 0.4) is 0 Å². The van der Waals surface area contributed by atoms with Gasteiger partial charge in [0.15, 0.2) is 5.82 Å². The minimum absolute atomic E-state index is 0.0182. The highest BCUT2D eigenvalue weighted by molar-refractivity contribution is 7.99. The van der Waals surface area contributed by atoms with Crippen molar-refractivity contribution in [2.45, 2.75) is 158 Å². The number of carbonyl (C=O) groups excluding carboxylic acids is 5.